The van der Waals surface area contributed by atoms with Crippen molar-refractivity contribution in [3.8, 4) is 5.88 Å². The van der Waals surface area contributed by atoms with Crippen molar-refractivity contribution in [1.29, 1.82) is 0 Å². The Bertz CT molecular complexity index is 1910. The topological polar surface area (TPSA) is 99.3 Å². The van der Waals surface area contributed by atoms with E-state index in [4.69, 9.17) is 31.0 Å². The molecule has 2 fully saturated rings. The first-order valence-electron chi connectivity index (χ1n) is 16.5. The highest BCUT2D eigenvalue weighted by molar-refractivity contribution is 6.30. The van der Waals surface area contributed by atoms with Crippen LogP contribution in [-0.2, 0) is 36.3 Å². The number of anilines is 1. The van der Waals surface area contributed by atoms with Gasteiger partial charge in [0.2, 0.25) is 11.8 Å². The number of halogens is 2. The zero-order valence-corrected chi connectivity index (χ0v) is 27.9. The van der Waals surface area contributed by atoms with Crippen LogP contribution in [0.4, 0.5) is 10.1 Å². The number of nitrogens with one attached hydrogen (secondary N) is 1. The maximum atomic E-state index is 14.2. The summed E-state index contributed by atoms with van der Waals surface area (Å²) >= 11 is 5.88. The molecule has 12 heteroatoms. The lowest BCUT2D eigenvalue weighted by Gasteiger charge is -2.32. The van der Waals surface area contributed by atoms with Crippen LogP contribution < -0.4 is 10.1 Å². The van der Waals surface area contributed by atoms with E-state index in [9.17, 15) is 9.18 Å². The number of aryl methyl sites for hydroxylation is 1. The maximum absolute atomic E-state index is 14.2. The Morgan fingerprint density at radius 3 is 2.69 bits per heavy atom. The molecular weight excluding hydrogens is 633 g/mol. The van der Waals surface area contributed by atoms with Gasteiger partial charge in [0, 0.05) is 59.4 Å². The highest BCUT2D eigenvalue weighted by Crippen LogP contribution is 2.30. The fourth-order valence-corrected chi connectivity index (χ4v) is 6.55. The van der Waals surface area contributed by atoms with Crippen molar-refractivity contribution in [2.75, 3.05) is 25.0 Å². The van der Waals surface area contributed by atoms with Crippen molar-refractivity contribution in [2.45, 2.75) is 63.8 Å². The molecule has 250 valence electrons. The van der Waals surface area contributed by atoms with Crippen LogP contribution in [0.15, 0.2) is 67.0 Å². The highest BCUT2D eigenvalue weighted by Gasteiger charge is 2.26. The first kappa shape index (κ1) is 32.2. The Morgan fingerprint density at radius 1 is 1.12 bits per heavy atom. The summed E-state index contributed by atoms with van der Waals surface area (Å²) in [7, 11) is 1.84. The number of carbonyl (C=O) groups is 1. The Balaban J connectivity index is 1.00. The molecule has 1 N–H and O–H groups in total. The molecule has 2 saturated heterocycles. The minimum Gasteiger partial charge on any atom is -0.473 e. The van der Waals surface area contributed by atoms with E-state index < -0.39 is 5.82 Å². The number of benzene rings is 2. The van der Waals surface area contributed by atoms with Gasteiger partial charge in [-0.15, -0.1) is 0 Å². The first-order chi connectivity index (χ1) is 23.3. The molecule has 0 radical (unpaired) electrons. The molecule has 2 aromatic carbocycles. The van der Waals surface area contributed by atoms with E-state index >= 15 is 0 Å². The Kier molecular flexibility index (Phi) is 9.43. The molecule has 0 saturated carbocycles. The van der Waals surface area contributed by atoms with Gasteiger partial charge in [0.25, 0.3) is 0 Å². The summed E-state index contributed by atoms with van der Waals surface area (Å²) in [5.74, 6) is 0.977. The number of imidazole rings is 1. The molecular formula is C36H39ClFN7O3. The second-order valence-corrected chi connectivity index (χ2v) is 13.2. The van der Waals surface area contributed by atoms with Gasteiger partial charge in [-0.2, -0.15) is 5.10 Å². The molecule has 2 aliphatic rings. The molecule has 10 nitrogen and oxygen atoms in total. The molecule has 2 aliphatic heterocycles. The molecule has 5 aromatic rings. The molecule has 48 heavy (non-hydrogen) atoms. The summed E-state index contributed by atoms with van der Waals surface area (Å²) in [5.41, 5.74) is 4.90. The predicted molar refractivity (Wildman–Crippen MR) is 182 cm³/mol. The maximum Gasteiger partial charge on any atom is 0.231 e. The van der Waals surface area contributed by atoms with E-state index in [-0.39, 0.29) is 24.5 Å². The van der Waals surface area contributed by atoms with Crippen molar-refractivity contribution < 1.29 is 18.7 Å². The van der Waals surface area contributed by atoms with Crippen LogP contribution >= 0.6 is 11.6 Å². The number of rotatable bonds is 11. The molecule has 0 bridgehead atoms. The standard InChI is InChI=1S/C36H39ClFN7O3/c1-23(26-18-39-43(2)19-26)36(46)40-28-8-9-33-32(17-28)41-34(45(33)20-29-12-15-47-29)21-44-13-10-24(11-14-44)31-4-3-5-35(42-31)48-22-25-6-7-27(37)16-30(25)38/h3-9,16-19,23-24,29H,10-15,20-22H2,1-2H3,(H,40,46)/t23?,29-/m0/s1. The number of amides is 1. The molecule has 1 amide bonds. The summed E-state index contributed by atoms with van der Waals surface area (Å²) in [6, 6.07) is 16.3. The van der Waals surface area contributed by atoms with Crippen LogP contribution in [0.3, 0.4) is 0 Å². The second-order valence-electron chi connectivity index (χ2n) is 12.8. The number of likely N-dealkylation sites (tertiary alicyclic amines) is 1. The van der Waals surface area contributed by atoms with Gasteiger partial charge in [-0.1, -0.05) is 23.7 Å². The number of pyridine rings is 1. The predicted octanol–water partition coefficient (Wildman–Crippen LogP) is 6.45. The molecule has 0 spiro atoms. The highest BCUT2D eigenvalue weighted by atomic mass is 35.5. The van der Waals surface area contributed by atoms with E-state index in [1.807, 2.05) is 50.5 Å². The van der Waals surface area contributed by atoms with Gasteiger partial charge in [0.15, 0.2) is 0 Å². The van der Waals surface area contributed by atoms with Gasteiger partial charge in [-0.3, -0.25) is 14.4 Å². The number of carbonyl (C=O) groups excluding carboxylic acids is 1. The summed E-state index contributed by atoms with van der Waals surface area (Å²) < 4.78 is 29.8. The van der Waals surface area contributed by atoms with Crippen molar-refractivity contribution >= 4 is 34.2 Å². The second kappa shape index (κ2) is 14.0. The van der Waals surface area contributed by atoms with Crippen LogP contribution in [0, 0.1) is 5.82 Å². The minimum absolute atomic E-state index is 0.0865. The van der Waals surface area contributed by atoms with Crippen LogP contribution in [0.2, 0.25) is 5.02 Å². The zero-order valence-electron chi connectivity index (χ0n) is 27.1. The average Bonchev–Trinajstić information content (AvgIpc) is 3.64. The van der Waals surface area contributed by atoms with Gasteiger partial charge in [-0.25, -0.2) is 14.4 Å². The third-order valence-corrected chi connectivity index (χ3v) is 9.63. The fourth-order valence-electron chi connectivity index (χ4n) is 6.40. The molecule has 3 aromatic heterocycles. The van der Waals surface area contributed by atoms with E-state index in [2.05, 4.69) is 19.9 Å². The smallest absolute Gasteiger partial charge is 0.231 e. The van der Waals surface area contributed by atoms with E-state index in [1.54, 1.807) is 29.1 Å². The Morgan fingerprint density at radius 2 is 1.96 bits per heavy atom. The number of piperidine rings is 1. The lowest BCUT2D eigenvalue weighted by molar-refractivity contribution is -0.117. The Hall–Kier alpha value is -4.32. The monoisotopic (exact) mass is 671 g/mol. The van der Waals surface area contributed by atoms with E-state index in [0.717, 1.165) is 85.9 Å². The summed E-state index contributed by atoms with van der Waals surface area (Å²) in [5, 5.41) is 7.61. The van der Waals surface area contributed by atoms with E-state index in [1.165, 1.54) is 6.07 Å². The molecule has 5 heterocycles. The Labute approximate surface area is 283 Å². The number of hydrogen-bond acceptors (Lipinski definition) is 7. The first-order valence-corrected chi connectivity index (χ1v) is 16.8. The van der Waals surface area contributed by atoms with Gasteiger partial charge in [-0.05, 0) is 75.7 Å². The summed E-state index contributed by atoms with van der Waals surface area (Å²) in [4.78, 5) is 25.3. The summed E-state index contributed by atoms with van der Waals surface area (Å²) in [6.45, 7) is 6.05. The number of fused-ring (bicyclic) bond motifs is 1. The quantitative estimate of drug-likeness (QED) is 0.172. The van der Waals surface area contributed by atoms with E-state index in [0.29, 0.717) is 22.4 Å². The van der Waals surface area contributed by atoms with Crippen LogP contribution in [0.5, 0.6) is 5.88 Å². The zero-order chi connectivity index (χ0) is 33.2. The number of nitrogens with zero attached hydrogens (tertiary/aromatic N) is 6. The fraction of sp³-hybridized carbons (Fsp3) is 0.389. The van der Waals surface area contributed by atoms with Gasteiger partial charge in [0.1, 0.15) is 18.2 Å². The molecule has 2 atom stereocenters. The van der Waals surface area contributed by atoms with Crippen molar-refractivity contribution in [1.82, 2.24) is 29.2 Å². The number of hydrogen-bond donors (Lipinski definition) is 1. The van der Waals surface area contributed by atoms with Crippen molar-refractivity contribution in [2.24, 2.45) is 7.05 Å². The average molecular weight is 672 g/mol. The van der Waals surface area contributed by atoms with Crippen LogP contribution in [0.25, 0.3) is 11.0 Å². The van der Waals surface area contributed by atoms with Gasteiger partial charge in [0.05, 0.1) is 42.3 Å². The van der Waals surface area contributed by atoms with Gasteiger partial charge < -0.3 is 19.4 Å². The largest absolute Gasteiger partial charge is 0.473 e. The summed E-state index contributed by atoms with van der Waals surface area (Å²) in [6.07, 6.45) is 6.72. The minimum atomic E-state index is -0.390. The normalized spacial score (nSPS) is 17.7. The lowest BCUT2D eigenvalue weighted by Crippen LogP contribution is -2.35. The lowest BCUT2D eigenvalue weighted by atomic mass is 9.93. The third kappa shape index (κ3) is 7.23. The molecule has 0 aliphatic carbocycles. The number of aromatic nitrogens is 5. The van der Waals surface area contributed by atoms with Crippen LogP contribution in [0.1, 0.15) is 60.7 Å². The number of ether oxygens (including phenoxy) is 2. The van der Waals surface area contributed by atoms with Crippen molar-refractivity contribution in [3.05, 3.63) is 100 Å². The van der Waals surface area contributed by atoms with Crippen molar-refractivity contribution in [3.63, 3.8) is 0 Å². The molecule has 1 unspecified atom stereocenters. The third-order valence-electron chi connectivity index (χ3n) is 9.40. The molecule has 7 rings (SSSR count). The van der Waals surface area contributed by atoms with Gasteiger partial charge >= 0.3 is 0 Å². The SMILES string of the molecule is CC(C(=O)Nc1ccc2c(c1)nc(CN1CCC(c3cccc(OCc4ccc(Cl)cc4F)n3)CC1)n2C[C@@H]1CCO1)c1cnn(C)c1. The van der Waals surface area contributed by atoms with Crippen LogP contribution in [-0.4, -0.2) is 60.9 Å².